The van der Waals surface area contributed by atoms with E-state index in [-0.39, 0.29) is 0 Å². The number of hydrogen-bond acceptors (Lipinski definition) is 5. The van der Waals surface area contributed by atoms with Crippen molar-refractivity contribution in [2.75, 3.05) is 19.0 Å². The van der Waals surface area contributed by atoms with Crippen molar-refractivity contribution in [3.05, 3.63) is 77.6 Å². The lowest BCUT2D eigenvalue weighted by Gasteiger charge is -2.11. The molecule has 1 aliphatic rings. The summed E-state index contributed by atoms with van der Waals surface area (Å²) in [5, 5.41) is 8.74. The van der Waals surface area contributed by atoms with Gasteiger partial charge in [-0.1, -0.05) is 12.1 Å². The van der Waals surface area contributed by atoms with E-state index in [4.69, 9.17) is 0 Å². The van der Waals surface area contributed by atoms with Gasteiger partial charge in [-0.15, -0.1) is 5.10 Å². The summed E-state index contributed by atoms with van der Waals surface area (Å²) in [5.41, 5.74) is 6.63. The maximum Gasteiger partial charge on any atom is 0.105 e. The van der Waals surface area contributed by atoms with Gasteiger partial charge in [0.1, 0.15) is 5.71 Å². The third-order valence-electron chi connectivity index (χ3n) is 4.12. The number of fused-ring (bicyclic) bond motifs is 3. The Kier molecular flexibility index (Phi) is 3.82. The zero-order chi connectivity index (χ0) is 17.2. The molecule has 0 saturated heterocycles. The number of rotatable bonds is 3. The van der Waals surface area contributed by atoms with Gasteiger partial charge in [0.05, 0.1) is 17.6 Å². The SMILES string of the molecule is CN(C)c1ccc(/C=N/N=C2c3cccnc3-c3ncccc32)cc1. The molecule has 5 nitrogen and oxygen atoms in total. The van der Waals surface area contributed by atoms with Crippen molar-refractivity contribution >= 4 is 17.6 Å². The Hall–Kier alpha value is -3.34. The highest BCUT2D eigenvalue weighted by Gasteiger charge is 2.26. The molecule has 1 aromatic carbocycles. The summed E-state index contributed by atoms with van der Waals surface area (Å²) in [6.45, 7) is 0. The molecule has 0 aliphatic heterocycles. The lowest BCUT2D eigenvalue weighted by atomic mass is 10.1. The van der Waals surface area contributed by atoms with Crippen LogP contribution in [0.25, 0.3) is 11.4 Å². The number of pyridine rings is 2. The third kappa shape index (κ3) is 2.80. The second kappa shape index (κ2) is 6.28. The van der Waals surface area contributed by atoms with E-state index in [1.165, 1.54) is 0 Å². The summed E-state index contributed by atoms with van der Waals surface area (Å²) in [6.07, 6.45) is 5.31. The number of aromatic nitrogens is 2. The molecule has 0 fully saturated rings. The van der Waals surface area contributed by atoms with Crippen molar-refractivity contribution in [3.63, 3.8) is 0 Å². The molecule has 0 amide bonds. The highest BCUT2D eigenvalue weighted by atomic mass is 15.2. The topological polar surface area (TPSA) is 53.7 Å². The summed E-state index contributed by atoms with van der Waals surface area (Å²) in [6, 6.07) is 16.0. The molecule has 2 aromatic heterocycles. The zero-order valence-corrected chi connectivity index (χ0v) is 14.1. The van der Waals surface area contributed by atoms with E-state index in [1.807, 2.05) is 50.5 Å². The minimum atomic E-state index is 0.812. The standard InChI is InChI=1S/C20H17N5/c1-25(2)15-9-7-14(8-10-15)13-23-24-18-16-5-3-11-21-19(16)20-17(18)6-4-12-22-20/h3-13H,1-2H3/b23-13+. The van der Waals surface area contributed by atoms with Crippen LogP contribution in [0.3, 0.4) is 0 Å². The van der Waals surface area contributed by atoms with Gasteiger partial charge in [-0.2, -0.15) is 5.10 Å². The fraction of sp³-hybridized carbons (Fsp3) is 0.100. The smallest absolute Gasteiger partial charge is 0.105 e. The van der Waals surface area contributed by atoms with Crippen molar-refractivity contribution in [3.8, 4) is 11.4 Å². The van der Waals surface area contributed by atoms with Gasteiger partial charge in [0, 0.05) is 43.3 Å². The number of hydrogen-bond donors (Lipinski definition) is 0. The third-order valence-corrected chi connectivity index (χ3v) is 4.12. The van der Waals surface area contributed by atoms with Crippen LogP contribution in [-0.2, 0) is 0 Å². The second-order valence-electron chi connectivity index (χ2n) is 5.98. The van der Waals surface area contributed by atoms with Crippen LogP contribution in [0.2, 0.25) is 0 Å². The van der Waals surface area contributed by atoms with Crippen molar-refractivity contribution < 1.29 is 0 Å². The van der Waals surface area contributed by atoms with Gasteiger partial charge in [0.15, 0.2) is 0 Å². The molecule has 25 heavy (non-hydrogen) atoms. The molecule has 5 heteroatoms. The van der Waals surface area contributed by atoms with E-state index >= 15 is 0 Å². The summed E-state index contributed by atoms with van der Waals surface area (Å²) in [7, 11) is 4.04. The number of nitrogens with zero attached hydrogens (tertiary/aromatic N) is 5. The molecule has 0 radical (unpaired) electrons. The van der Waals surface area contributed by atoms with E-state index in [1.54, 1.807) is 18.6 Å². The molecule has 122 valence electrons. The van der Waals surface area contributed by atoms with Crippen LogP contribution in [0.5, 0.6) is 0 Å². The monoisotopic (exact) mass is 327 g/mol. The lowest BCUT2D eigenvalue weighted by molar-refractivity contribution is 1.13. The number of benzene rings is 1. The molecule has 0 unspecified atom stereocenters. The van der Waals surface area contributed by atoms with Gasteiger partial charge < -0.3 is 4.90 Å². The average molecular weight is 327 g/mol. The molecule has 4 rings (SSSR count). The summed E-state index contributed by atoms with van der Waals surface area (Å²) < 4.78 is 0. The molecule has 0 saturated carbocycles. The Morgan fingerprint density at radius 3 is 2.00 bits per heavy atom. The molecule has 3 aromatic rings. The Labute approximate surface area is 146 Å². The molecule has 0 spiro atoms. The van der Waals surface area contributed by atoms with E-state index in [0.717, 1.165) is 39.5 Å². The Morgan fingerprint density at radius 2 is 1.44 bits per heavy atom. The van der Waals surface area contributed by atoms with E-state index in [2.05, 4.69) is 37.2 Å². The van der Waals surface area contributed by atoms with Crippen LogP contribution in [0.1, 0.15) is 16.7 Å². The molecular formula is C20H17N5. The first-order chi connectivity index (χ1) is 12.2. The van der Waals surface area contributed by atoms with E-state index < -0.39 is 0 Å². The van der Waals surface area contributed by atoms with Crippen LogP contribution in [0.4, 0.5) is 5.69 Å². The first-order valence-corrected chi connectivity index (χ1v) is 8.03. The van der Waals surface area contributed by atoms with Crippen LogP contribution in [-0.4, -0.2) is 36.0 Å². The number of anilines is 1. The predicted molar refractivity (Wildman–Crippen MR) is 101 cm³/mol. The Morgan fingerprint density at radius 1 is 0.840 bits per heavy atom. The molecule has 2 heterocycles. The van der Waals surface area contributed by atoms with Gasteiger partial charge >= 0.3 is 0 Å². The quantitative estimate of drug-likeness (QED) is 0.428. The van der Waals surface area contributed by atoms with E-state index in [0.29, 0.717) is 0 Å². The minimum absolute atomic E-state index is 0.812. The minimum Gasteiger partial charge on any atom is -0.378 e. The lowest BCUT2D eigenvalue weighted by Crippen LogP contribution is -2.08. The van der Waals surface area contributed by atoms with Gasteiger partial charge in [-0.05, 0) is 42.0 Å². The molecule has 0 bridgehead atoms. The van der Waals surface area contributed by atoms with Crippen LogP contribution >= 0.6 is 0 Å². The zero-order valence-electron chi connectivity index (χ0n) is 14.1. The molecular weight excluding hydrogens is 310 g/mol. The summed E-state index contributed by atoms with van der Waals surface area (Å²) >= 11 is 0. The highest BCUT2D eigenvalue weighted by molar-refractivity contribution is 6.23. The Balaban J connectivity index is 1.67. The maximum absolute atomic E-state index is 4.45. The average Bonchev–Trinajstić information content (AvgIpc) is 2.97. The van der Waals surface area contributed by atoms with Crippen molar-refractivity contribution in [1.29, 1.82) is 0 Å². The summed E-state index contributed by atoms with van der Waals surface area (Å²) in [5.74, 6) is 0. The van der Waals surface area contributed by atoms with Gasteiger partial charge in [-0.25, -0.2) is 0 Å². The van der Waals surface area contributed by atoms with Crippen molar-refractivity contribution in [2.24, 2.45) is 10.2 Å². The summed E-state index contributed by atoms with van der Waals surface area (Å²) in [4.78, 5) is 10.9. The molecule has 0 N–H and O–H groups in total. The van der Waals surface area contributed by atoms with Crippen LogP contribution in [0, 0.1) is 0 Å². The first kappa shape index (κ1) is 15.2. The van der Waals surface area contributed by atoms with Crippen LogP contribution in [0.15, 0.2) is 71.1 Å². The van der Waals surface area contributed by atoms with Crippen molar-refractivity contribution in [1.82, 2.24) is 9.97 Å². The fourth-order valence-electron chi connectivity index (χ4n) is 2.83. The first-order valence-electron chi connectivity index (χ1n) is 8.03. The van der Waals surface area contributed by atoms with Crippen LogP contribution < -0.4 is 4.90 Å². The Bertz CT molecular complexity index is 924. The van der Waals surface area contributed by atoms with E-state index in [9.17, 15) is 0 Å². The highest BCUT2D eigenvalue weighted by Crippen LogP contribution is 2.33. The van der Waals surface area contributed by atoms with Crippen molar-refractivity contribution in [2.45, 2.75) is 0 Å². The van der Waals surface area contributed by atoms with Gasteiger partial charge in [0.25, 0.3) is 0 Å². The van der Waals surface area contributed by atoms with Gasteiger partial charge in [-0.3, -0.25) is 9.97 Å². The largest absolute Gasteiger partial charge is 0.378 e. The fourth-order valence-corrected chi connectivity index (χ4v) is 2.83. The normalized spacial score (nSPS) is 12.2. The molecule has 0 atom stereocenters. The molecule has 1 aliphatic carbocycles. The maximum atomic E-state index is 4.45. The predicted octanol–water partition coefficient (Wildman–Crippen LogP) is 3.39. The second-order valence-corrected chi connectivity index (χ2v) is 5.98. The van der Waals surface area contributed by atoms with Gasteiger partial charge in [0.2, 0.25) is 0 Å².